The molecular weight excluding hydrogens is 427 g/mol. The summed E-state index contributed by atoms with van der Waals surface area (Å²) in [5, 5.41) is 9.62. The molecule has 0 fully saturated rings. The maximum atomic E-state index is 5.41. The first-order valence-electron chi connectivity index (χ1n) is 7.70. The molecule has 0 aromatic carbocycles. The SMILES string of the molecule is CCNC(=NCc1nc(C(C)C)cs1)NCCOCCOC.I. The van der Waals surface area contributed by atoms with Crippen LogP contribution in [0.2, 0.25) is 0 Å². The normalized spacial score (nSPS) is 11.4. The van der Waals surface area contributed by atoms with Gasteiger partial charge in [-0.2, -0.15) is 0 Å². The van der Waals surface area contributed by atoms with Crippen LogP contribution in [0.1, 0.15) is 37.4 Å². The minimum atomic E-state index is 0. The van der Waals surface area contributed by atoms with Gasteiger partial charge >= 0.3 is 0 Å². The molecule has 134 valence electrons. The molecule has 23 heavy (non-hydrogen) atoms. The van der Waals surface area contributed by atoms with E-state index in [-0.39, 0.29) is 24.0 Å². The van der Waals surface area contributed by atoms with E-state index in [9.17, 15) is 0 Å². The van der Waals surface area contributed by atoms with E-state index in [1.807, 2.05) is 6.92 Å². The summed E-state index contributed by atoms with van der Waals surface area (Å²) in [7, 11) is 1.67. The zero-order valence-corrected chi connectivity index (χ0v) is 17.6. The van der Waals surface area contributed by atoms with Gasteiger partial charge in [-0.05, 0) is 12.8 Å². The smallest absolute Gasteiger partial charge is 0.191 e. The van der Waals surface area contributed by atoms with E-state index in [4.69, 9.17) is 9.47 Å². The number of aromatic nitrogens is 1. The van der Waals surface area contributed by atoms with Crippen LogP contribution in [0.5, 0.6) is 0 Å². The number of rotatable bonds is 10. The van der Waals surface area contributed by atoms with Gasteiger partial charge < -0.3 is 20.1 Å². The van der Waals surface area contributed by atoms with E-state index in [1.54, 1.807) is 18.4 Å². The van der Waals surface area contributed by atoms with Gasteiger partial charge in [-0.3, -0.25) is 0 Å². The van der Waals surface area contributed by atoms with Crippen molar-refractivity contribution >= 4 is 41.3 Å². The summed E-state index contributed by atoms with van der Waals surface area (Å²) in [5.41, 5.74) is 1.14. The maximum Gasteiger partial charge on any atom is 0.191 e. The topological polar surface area (TPSA) is 67.8 Å². The number of nitrogens with zero attached hydrogens (tertiary/aromatic N) is 2. The highest BCUT2D eigenvalue weighted by molar-refractivity contribution is 14.0. The molecule has 0 atom stereocenters. The number of methoxy groups -OCH3 is 1. The first-order chi connectivity index (χ1) is 10.7. The Bertz CT molecular complexity index is 441. The number of thiazole rings is 1. The molecule has 0 unspecified atom stereocenters. The molecule has 1 rings (SSSR count). The summed E-state index contributed by atoms with van der Waals surface area (Å²) < 4.78 is 10.3. The summed E-state index contributed by atoms with van der Waals surface area (Å²) >= 11 is 1.66. The highest BCUT2D eigenvalue weighted by Crippen LogP contribution is 2.18. The summed E-state index contributed by atoms with van der Waals surface area (Å²) in [6.07, 6.45) is 0. The van der Waals surface area contributed by atoms with E-state index < -0.39 is 0 Å². The Morgan fingerprint density at radius 1 is 1.30 bits per heavy atom. The van der Waals surface area contributed by atoms with Crippen LogP contribution in [0.4, 0.5) is 0 Å². The van der Waals surface area contributed by atoms with Crippen LogP contribution < -0.4 is 10.6 Å². The van der Waals surface area contributed by atoms with Crippen LogP contribution >= 0.6 is 35.3 Å². The minimum absolute atomic E-state index is 0. The van der Waals surface area contributed by atoms with Crippen LogP contribution in [-0.4, -0.2) is 51.0 Å². The number of hydrogen-bond donors (Lipinski definition) is 2. The molecule has 0 amide bonds. The number of aliphatic imine (C=N–C) groups is 1. The predicted octanol–water partition coefficient (Wildman–Crippen LogP) is 2.60. The quantitative estimate of drug-likeness (QED) is 0.245. The molecule has 6 nitrogen and oxygen atoms in total. The molecule has 2 N–H and O–H groups in total. The van der Waals surface area contributed by atoms with E-state index in [0.29, 0.717) is 38.8 Å². The van der Waals surface area contributed by atoms with Crippen molar-refractivity contribution in [3.8, 4) is 0 Å². The van der Waals surface area contributed by atoms with Crippen molar-refractivity contribution in [2.24, 2.45) is 4.99 Å². The second kappa shape index (κ2) is 13.9. The Morgan fingerprint density at radius 2 is 2.09 bits per heavy atom. The molecule has 1 aromatic rings. The van der Waals surface area contributed by atoms with Gasteiger partial charge in [-0.1, -0.05) is 13.8 Å². The van der Waals surface area contributed by atoms with Crippen molar-refractivity contribution in [1.29, 1.82) is 0 Å². The lowest BCUT2D eigenvalue weighted by atomic mass is 10.2. The molecule has 1 aromatic heterocycles. The molecule has 0 saturated heterocycles. The molecule has 0 radical (unpaired) electrons. The second-order valence-corrected chi connectivity index (χ2v) is 5.99. The Hall–Kier alpha value is -0.450. The number of nitrogens with one attached hydrogen (secondary N) is 2. The average Bonchev–Trinajstić information content (AvgIpc) is 2.97. The van der Waals surface area contributed by atoms with E-state index in [2.05, 4.69) is 39.8 Å². The van der Waals surface area contributed by atoms with Crippen molar-refractivity contribution in [2.75, 3.05) is 40.0 Å². The van der Waals surface area contributed by atoms with Crippen LogP contribution in [-0.2, 0) is 16.0 Å². The van der Waals surface area contributed by atoms with Crippen LogP contribution in [0.25, 0.3) is 0 Å². The largest absolute Gasteiger partial charge is 0.382 e. The van der Waals surface area contributed by atoms with Crippen LogP contribution in [0, 0.1) is 0 Å². The number of ether oxygens (including phenoxy) is 2. The number of hydrogen-bond acceptors (Lipinski definition) is 5. The fraction of sp³-hybridized carbons (Fsp3) is 0.733. The van der Waals surface area contributed by atoms with Crippen molar-refractivity contribution in [3.05, 3.63) is 16.1 Å². The van der Waals surface area contributed by atoms with Gasteiger partial charge in [-0.15, -0.1) is 35.3 Å². The van der Waals surface area contributed by atoms with Crippen molar-refractivity contribution < 1.29 is 9.47 Å². The van der Waals surface area contributed by atoms with Crippen molar-refractivity contribution in [1.82, 2.24) is 15.6 Å². The fourth-order valence-electron chi connectivity index (χ4n) is 1.64. The van der Waals surface area contributed by atoms with Gasteiger partial charge in [0.2, 0.25) is 0 Å². The first-order valence-corrected chi connectivity index (χ1v) is 8.58. The molecule has 0 spiro atoms. The fourth-order valence-corrected chi connectivity index (χ4v) is 2.52. The molecule has 0 aliphatic heterocycles. The third-order valence-electron chi connectivity index (χ3n) is 2.85. The van der Waals surface area contributed by atoms with Crippen LogP contribution in [0.15, 0.2) is 10.4 Å². The van der Waals surface area contributed by atoms with E-state index >= 15 is 0 Å². The zero-order chi connectivity index (χ0) is 16.2. The van der Waals surface area contributed by atoms with Crippen LogP contribution in [0.3, 0.4) is 0 Å². The first kappa shape index (κ1) is 22.6. The Labute approximate surface area is 160 Å². The highest BCUT2D eigenvalue weighted by Gasteiger charge is 2.05. The molecule has 0 bridgehead atoms. The van der Waals surface area contributed by atoms with Crippen molar-refractivity contribution in [3.63, 3.8) is 0 Å². The van der Waals surface area contributed by atoms with Gasteiger partial charge in [0, 0.05) is 25.6 Å². The lowest BCUT2D eigenvalue weighted by Crippen LogP contribution is -2.39. The Morgan fingerprint density at radius 3 is 2.70 bits per heavy atom. The van der Waals surface area contributed by atoms with Gasteiger partial charge in [0.15, 0.2) is 5.96 Å². The molecule has 8 heteroatoms. The van der Waals surface area contributed by atoms with Gasteiger partial charge in [-0.25, -0.2) is 9.98 Å². The molecular formula is C15H29IN4O2S. The lowest BCUT2D eigenvalue weighted by molar-refractivity contribution is 0.0733. The summed E-state index contributed by atoms with van der Waals surface area (Å²) in [5.74, 6) is 1.25. The molecule has 0 aliphatic rings. The maximum absolute atomic E-state index is 5.41. The summed E-state index contributed by atoms with van der Waals surface area (Å²) in [4.78, 5) is 9.14. The van der Waals surface area contributed by atoms with Gasteiger partial charge in [0.1, 0.15) is 5.01 Å². The number of guanidine groups is 1. The van der Waals surface area contributed by atoms with Gasteiger partial charge in [0.25, 0.3) is 0 Å². The summed E-state index contributed by atoms with van der Waals surface area (Å²) in [6.45, 7) is 10.3. The molecule has 1 heterocycles. The predicted molar refractivity (Wildman–Crippen MR) is 107 cm³/mol. The monoisotopic (exact) mass is 456 g/mol. The molecule has 0 aliphatic carbocycles. The Balaban J connectivity index is 0.00000484. The van der Waals surface area contributed by atoms with Crippen molar-refractivity contribution in [2.45, 2.75) is 33.2 Å². The lowest BCUT2D eigenvalue weighted by Gasteiger charge is -2.11. The third-order valence-corrected chi connectivity index (χ3v) is 3.70. The highest BCUT2D eigenvalue weighted by atomic mass is 127. The zero-order valence-electron chi connectivity index (χ0n) is 14.4. The number of halogens is 1. The molecule has 0 saturated carbocycles. The Kier molecular flexibility index (Phi) is 13.7. The summed E-state index contributed by atoms with van der Waals surface area (Å²) in [6, 6.07) is 0. The average molecular weight is 456 g/mol. The second-order valence-electron chi connectivity index (χ2n) is 5.05. The van der Waals surface area contributed by atoms with Gasteiger partial charge in [0.05, 0.1) is 32.1 Å². The van der Waals surface area contributed by atoms with E-state index in [0.717, 1.165) is 23.2 Å². The standard InChI is InChI=1S/C15H28N4O2S.HI/c1-5-16-15(17-6-7-21-9-8-20-4)18-10-14-19-13(11-22-14)12(2)3;/h11-12H,5-10H2,1-4H3,(H2,16,17,18);1H. The minimum Gasteiger partial charge on any atom is -0.382 e. The third kappa shape index (κ3) is 10.1. The van der Waals surface area contributed by atoms with E-state index in [1.165, 1.54) is 0 Å².